The molecule has 242 valence electrons. The molecular weight excluding hydrogens is 568 g/mol. The monoisotopic (exact) mass is 618 g/mol. The molecule has 4 aromatic rings. The minimum absolute atomic E-state index is 0.129. The molecule has 0 aromatic heterocycles. The highest BCUT2D eigenvalue weighted by Gasteiger charge is 2.41. The molecule has 0 saturated heterocycles. The number of hydrogen-bond donors (Lipinski definition) is 1. The van der Waals surface area contributed by atoms with E-state index in [1.807, 2.05) is 12.1 Å². The number of aromatic hydroxyl groups is 1. The first-order chi connectivity index (χ1) is 22.3. The Morgan fingerprint density at radius 1 is 0.717 bits per heavy atom. The summed E-state index contributed by atoms with van der Waals surface area (Å²) < 4.78 is 0. The third-order valence-corrected chi connectivity index (χ3v) is 9.61. The largest absolute Gasteiger partial charge is 0.504 e. The van der Waals surface area contributed by atoms with Gasteiger partial charge in [0.25, 0.3) is 5.43 Å². The van der Waals surface area contributed by atoms with Gasteiger partial charge in [-0.25, -0.2) is 0 Å². The lowest BCUT2D eigenvalue weighted by Crippen LogP contribution is -2.34. The molecule has 0 radical (unpaired) electrons. The van der Waals surface area contributed by atoms with E-state index in [1.165, 1.54) is 68.1 Å². The van der Waals surface area contributed by atoms with Crippen LogP contribution < -0.4 is 20.7 Å². The summed E-state index contributed by atoms with van der Waals surface area (Å²) in [5.74, 6) is -0.416. The second-order valence-electron chi connectivity index (χ2n) is 13.4. The molecule has 0 fully saturated rings. The van der Waals surface area contributed by atoms with Gasteiger partial charge in [-0.15, -0.1) is 0 Å². The third-order valence-electron chi connectivity index (χ3n) is 9.61. The Morgan fingerprint density at radius 3 is 1.80 bits per heavy atom. The summed E-state index contributed by atoms with van der Waals surface area (Å²) in [6, 6.07) is 27.8. The predicted molar refractivity (Wildman–Crippen MR) is 192 cm³/mol. The first-order valence-corrected chi connectivity index (χ1v) is 17.3. The molecule has 1 N–H and O–H groups in total. The Morgan fingerprint density at radius 2 is 1.26 bits per heavy atom. The van der Waals surface area contributed by atoms with Gasteiger partial charge in [-0.1, -0.05) is 139 Å². The lowest BCUT2D eigenvalue weighted by molar-refractivity contribution is 0.461. The fourth-order valence-electron chi connectivity index (χ4n) is 6.83. The van der Waals surface area contributed by atoms with Crippen LogP contribution in [0, 0.1) is 0 Å². The maximum absolute atomic E-state index is 12.4. The SMILES string of the molecule is CCCCCCCCCCCCN1/C(=C/c2c(O)c(=O)c2=O)C(C)(C)c2cc(N(Cc3ccccc3)Cc3ccccc3)ccc21. The van der Waals surface area contributed by atoms with Crippen molar-refractivity contribution in [3.63, 3.8) is 0 Å². The average molecular weight is 619 g/mol. The molecule has 0 atom stereocenters. The molecule has 5 nitrogen and oxygen atoms in total. The number of unbranched alkanes of at least 4 members (excludes halogenated alkanes) is 9. The smallest absolute Gasteiger partial charge is 0.268 e. The Labute approximate surface area is 274 Å². The van der Waals surface area contributed by atoms with Crippen molar-refractivity contribution >= 4 is 17.5 Å². The maximum atomic E-state index is 12.4. The van der Waals surface area contributed by atoms with Crippen LogP contribution in [0.1, 0.15) is 107 Å². The Balaban J connectivity index is 1.39. The summed E-state index contributed by atoms with van der Waals surface area (Å²) in [6.07, 6.45) is 14.4. The second-order valence-corrected chi connectivity index (χ2v) is 13.4. The molecule has 0 aliphatic carbocycles. The van der Waals surface area contributed by atoms with Gasteiger partial charge in [0.05, 0.1) is 5.56 Å². The van der Waals surface area contributed by atoms with Gasteiger partial charge in [0, 0.05) is 42.1 Å². The zero-order valence-corrected chi connectivity index (χ0v) is 27.9. The highest BCUT2D eigenvalue weighted by molar-refractivity contribution is 5.79. The molecule has 0 amide bonds. The van der Waals surface area contributed by atoms with E-state index in [4.69, 9.17) is 0 Å². The average Bonchev–Trinajstić information content (AvgIpc) is 3.28. The molecule has 1 aliphatic rings. The summed E-state index contributed by atoms with van der Waals surface area (Å²) in [5.41, 5.74) is 5.21. The van der Waals surface area contributed by atoms with Gasteiger partial charge in [-0.05, 0) is 47.4 Å². The van der Waals surface area contributed by atoms with E-state index in [2.05, 4.69) is 97.3 Å². The van der Waals surface area contributed by atoms with E-state index < -0.39 is 22.0 Å². The molecule has 0 spiro atoms. The van der Waals surface area contributed by atoms with Crippen molar-refractivity contribution in [1.82, 2.24) is 0 Å². The fraction of sp³-hybridized carbons (Fsp3) is 0.415. The maximum Gasteiger partial charge on any atom is 0.268 e. The summed E-state index contributed by atoms with van der Waals surface area (Å²) in [6.45, 7) is 9.00. The number of hydrogen-bond acceptors (Lipinski definition) is 5. The van der Waals surface area contributed by atoms with Gasteiger partial charge < -0.3 is 14.9 Å². The van der Waals surface area contributed by atoms with Gasteiger partial charge in [-0.2, -0.15) is 0 Å². The standard InChI is InChI=1S/C41H50N2O3/c1-4-5-6-7-8-9-10-11-12-19-26-43-36-25-24-33(27-35(36)41(2,3)37(43)28-34-38(44)40(46)39(34)45)42(29-31-20-15-13-16-21-31)30-32-22-17-14-18-23-32/h13-18,20-25,27-28,44H,4-12,19,26,29-30H2,1-3H3/b37-28+. The molecule has 46 heavy (non-hydrogen) atoms. The molecule has 1 heterocycles. The van der Waals surface area contributed by atoms with Crippen molar-refractivity contribution in [3.8, 4) is 5.75 Å². The van der Waals surface area contributed by atoms with E-state index in [-0.39, 0.29) is 5.56 Å². The second kappa shape index (κ2) is 15.4. The Kier molecular flexibility index (Phi) is 11.2. The zero-order valence-electron chi connectivity index (χ0n) is 27.9. The highest BCUT2D eigenvalue weighted by Crippen LogP contribution is 2.50. The number of allylic oxidation sites excluding steroid dienone is 1. The van der Waals surface area contributed by atoms with Crippen molar-refractivity contribution in [2.45, 2.75) is 103 Å². The normalized spacial score (nSPS) is 14.7. The lowest BCUT2D eigenvalue weighted by atomic mass is 9.82. The molecule has 5 heteroatoms. The van der Waals surface area contributed by atoms with E-state index in [9.17, 15) is 14.7 Å². The van der Waals surface area contributed by atoms with E-state index in [1.54, 1.807) is 6.08 Å². The molecule has 4 aromatic carbocycles. The number of fused-ring (bicyclic) bond motifs is 1. The summed E-state index contributed by atoms with van der Waals surface area (Å²) in [4.78, 5) is 29.1. The van der Waals surface area contributed by atoms with Crippen LogP contribution in [-0.2, 0) is 18.5 Å². The first-order valence-electron chi connectivity index (χ1n) is 17.3. The van der Waals surface area contributed by atoms with Crippen molar-refractivity contribution in [2.24, 2.45) is 0 Å². The van der Waals surface area contributed by atoms with E-state index in [0.29, 0.717) is 0 Å². The van der Waals surface area contributed by atoms with Gasteiger partial charge in [-0.3, -0.25) is 9.59 Å². The minimum Gasteiger partial charge on any atom is -0.504 e. The van der Waals surface area contributed by atoms with Crippen LogP contribution in [0.3, 0.4) is 0 Å². The highest BCUT2D eigenvalue weighted by atomic mass is 16.3. The molecular formula is C41H50N2O3. The topological polar surface area (TPSA) is 60.9 Å². The summed E-state index contributed by atoms with van der Waals surface area (Å²) >= 11 is 0. The number of benzene rings is 3. The third kappa shape index (κ3) is 7.63. The van der Waals surface area contributed by atoms with Crippen molar-refractivity contribution in [2.75, 3.05) is 16.3 Å². The summed E-state index contributed by atoms with van der Waals surface area (Å²) in [5, 5.41) is 10.3. The number of anilines is 2. The predicted octanol–water partition coefficient (Wildman–Crippen LogP) is 9.25. The molecule has 1 aliphatic heterocycles. The summed E-state index contributed by atoms with van der Waals surface area (Å²) in [7, 11) is 0. The van der Waals surface area contributed by atoms with Crippen LogP contribution in [0.15, 0.2) is 94.1 Å². The molecule has 0 saturated carbocycles. The van der Waals surface area contributed by atoms with Crippen molar-refractivity contribution in [1.29, 1.82) is 0 Å². The Hall–Kier alpha value is -4.12. The van der Waals surface area contributed by atoms with Gasteiger partial charge in [0.2, 0.25) is 5.43 Å². The fourth-order valence-corrected chi connectivity index (χ4v) is 6.83. The van der Waals surface area contributed by atoms with E-state index in [0.717, 1.165) is 49.5 Å². The lowest BCUT2D eigenvalue weighted by Gasteiger charge is -2.28. The van der Waals surface area contributed by atoms with Crippen molar-refractivity contribution in [3.05, 3.63) is 127 Å². The van der Waals surface area contributed by atoms with Gasteiger partial charge in [0.15, 0.2) is 5.75 Å². The number of rotatable bonds is 17. The van der Waals surface area contributed by atoms with Crippen LogP contribution in [-0.4, -0.2) is 11.7 Å². The number of nitrogens with zero attached hydrogens (tertiary/aromatic N) is 2. The molecule has 0 unspecified atom stereocenters. The van der Waals surface area contributed by atoms with Gasteiger partial charge >= 0.3 is 0 Å². The van der Waals surface area contributed by atoms with Crippen LogP contribution in [0.2, 0.25) is 0 Å². The van der Waals surface area contributed by atoms with Crippen LogP contribution >= 0.6 is 0 Å². The molecule has 0 bridgehead atoms. The first kappa shape index (κ1) is 33.2. The van der Waals surface area contributed by atoms with Gasteiger partial charge in [0.1, 0.15) is 0 Å². The van der Waals surface area contributed by atoms with Crippen LogP contribution in [0.5, 0.6) is 5.75 Å². The zero-order chi connectivity index (χ0) is 32.5. The molecule has 5 rings (SSSR count). The quantitative estimate of drug-likeness (QED) is 0.0944. The van der Waals surface area contributed by atoms with Crippen LogP contribution in [0.25, 0.3) is 6.08 Å². The van der Waals surface area contributed by atoms with Crippen molar-refractivity contribution < 1.29 is 5.11 Å². The van der Waals surface area contributed by atoms with E-state index >= 15 is 0 Å². The van der Waals surface area contributed by atoms with Crippen LogP contribution in [0.4, 0.5) is 11.4 Å². The Bertz CT molecular complexity index is 1620. The minimum atomic E-state index is -0.791.